The first kappa shape index (κ1) is 15.4. The molecule has 2 aromatic rings. The number of hydrogen-bond donors (Lipinski definition) is 0. The van der Waals surface area contributed by atoms with Gasteiger partial charge in [0.05, 0.1) is 15.4 Å². The first-order valence-corrected chi connectivity index (χ1v) is 7.75. The summed E-state index contributed by atoms with van der Waals surface area (Å²) >= 11 is 6.25. The molecular formula is C15H10N2O4S2. The fraction of sp³-hybridized carbons (Fsp3) is 0.0667. The highest BCUT2D eigenvalue weighted by Crippen LogP contribution is 2.34. The number of hydrogen-bond acceptors (Lipinski definition) is 6. The van der Waals surface area contributed by atoms with Crippen molar-refractivity contribution in [2.45, 2.75) is 0 Å². The van der Waals surface area contributed by atoms with Crippen molar-refractivity contribution in [1.82, 2.24) is 4.90 Å². The molecule has 3 rings (SSSR count). The Morgan fingerprint density at radius 2 is 2.04 bits per heavy atom. The maximum atomic E-state index is 12.0. The summed E-state index contributed by atoms with van der Waals surface area (Å²) in [5.74, 6) is 0.617. The summed E-state index contributed by atoms with van der Waals surface area (Å²) in [5, 5.41) is 11.1. The molecular weight excluding hydrogens is 336 g/mol. The number of nitro groups is 1. The van der Waals surface area contributed by atoms with Gasteiger partial charge in [0.25, 0.3) is 11.6 Å². The number of benzene rings is 1. The quantitative estimate of drug-likeness (QED) is 0.365. The molecule has 0 spiro atoms. The van der Waals surface area contributed by atoms with Gasteiger partial charge >= 0.3 is 0 Å². The normalized spacial score (nSPS) is 16.4. The van der Waals surface area contributed by atoms with E-state index in [1.165, 1.54) is 22.7 Å². The second kappa shape index (κ2) is 5.98. The first-order chi connectivity index (χ1) is 11.0. The number of carbonyl (C=O) groups excluding carboxylic acids is 1. The number of carbonyl (C=O) groups is 1. The summed E-state index contributed by atoms with van der Waals surface area (Å²) in [4.78, 5) is 24.4. The molecule has 0 unspecified atom stereocenters. The third-order valence-corrected chi connectivity index (χ3v) is 4.74. The molecule has 0 bridgehead atoms. The van der Waals surface area contributed by atoms with Crippen LogP contribution in [0.5, 0.6) is 0 Å². The first-order valence-electron chi connectivity index (χ1n) is 6.52. The summed E-state index contributed by atoms with van der Waals surface area (Å²) in [6.07, 6.45) is 1.58. The van der Waals surface area contributed by atoms with Crippen LogP contribution in [-0.2, 0) is 4.79 Å². The Labute approximate surface area is 140 Å². The minimum Gasteiger partial charge on any atom is -0.456 e. The molecule has 2 heterocycles. The van der Waals surface area contributed by atoms with E-state index in [-0.39, 0.29) is 11.6 Å². The highest BCUT2D eigenvalue weighted by Gasteiger charge is 2.29. The molecule has 1 aromatic carbocycles. The Morgan fingerprint density at radius 3 is 2.70 bits per heavy atom. The summed E-state index contributed by atoms with van der Waals surface area (Å²) in [6.45, 7) is 0. The average molecular weight is 346 g/mol. The van der Waals surface area contributed by atoms with Crippen LogP contribution in [0.3, 0.4) is 0 Å². The van der Waals surface area contributed by atoms with E-state index in [4.69, 9.17) is 16.6 Å². The molecule has 0 saturated carbocycles. The van der Waals surface area contributed by atoms with Crippen LogP contribution in [-0.4, -0.2) is 27.1 Å². The SMILES string of the molecule is CN1C(=O)/C(=C/c2ccc(-c3ccccc3[N+](=O)[O-])o2)SC1=S. The van der Waals surface area contributed by atoms with Gasteiger partial charge in [0.2, 0.25) is 0 Å². The number of nitrogens with zero attached hydrogens (tertiary/aromatic N) is 2. The number of thioether (sulfide) groups is 1. The van der Waals surface area contributed by atoms with E-state index in [0.717, 1.165) is 0 Å². The lowest BCUT2D eigenvalue weighted by molar-refractivity contribution is -0.384. The van der Waals surface area contributed by atoms with Gasteiger partial charge in [0, 0.05) is 19.2 Å². The number of likely N-dealkylation sites (N-methyl/N-ethyl adjacent to an activating group) is 1. The zero-order valence-electron chi connectivity index (χ0n) is 11.9. The Hall–Kier alpha value is -2.45. The van der Waals surface area contributed by atoms with Crippen LogP contribution in [0.2, 0.25) is 0 Å². The number of para-hydroxylation sites is 1. The Bertz CT molecular complexity index is 857. The van der Waals surface area contributed by atoms with Crippen LogP contribution in [0.15, 0.2) is 45.7 Å². The van der Waals surface area contributed by atoms with Crippen molar-refractivity contribution in [2.75, 3.05) is 7.05 Å². The van der Waals surface area contributed by atoms with E-state index in [0.29, 0.717) is 26.3 Å². The van der Waals surface area contributed by atoms with Crippen molar-refractivity contribution in [3.8, 4) is 11.3 Å². The van der Waals surface area contributed by atoms with Gasteiger partial charge in [0.15, 0.2) is 0 Å². The Balaban J connectivity index is 1.95. The van der Waals surface area contributed by atoms with Gasteiger partial charge in [-0.25, -0.2) is 0 Å². The summed E-state index contributed by atoms with van der Waals surface area (Å²) in [6, 6.07) is 9.63. The van der Waals surface area contributed by atoms with Crippen molar-refractivity contribution in [3.63, 3.8) is 0 Å². The smallest absolute Gasteiger partial charge is 0.280 e. The fourth-order valence-electron chi connectivity index (χ4n) is 2.09. The van der Waals surface area contributed by atoms with Gasteiger partial charge < -0.3 is 4.42 Å². The maximum absolute atomic E-state index is 12.0. The molecule has 1 fully saturated rings. The molecule has 1 aliphatic rings. The van der Waals surface area contributed by atoms with Crippen molar-refractivity contribution in [2.24, 2.45) is 0 Å². The fourth-order valence-corrected chi connectivity index (χ4v) is 3.25. The second-order valence-electron chi connectivity index (χ2n) is 4.72. The lowest BCUT2D eigenvalue weighted by Crippen LogP contribution is -2.22. The lowest BCUT2D eigenvalue weighted by Gasteiger charge is -2.03. The maximum Gasteiger partial charge on any atom is 0.280 e. The molecule has 0 aliphatic carbocycles. The summed E-state index contributed by atoms with van der Waals surface area (Å²) < 4.78 is 6.11. The van der Waals surface area contributed by atoms with Gasteiger partial charge in [-0.15, -0.1) is 0 Å². The molecule has 1 amide bonds. The average Bonchev–Trinajstić information content (AvgIpc) is 3.09. The van der Waals surface area contributed by atoms with Crippen LogP contribution >= 0.6 is 24.0 Å². The molecule has 1 saturated heterocycles. The molecule has 0 atom stereocenters. The molecule has 116 valence electrons. The molecule has 8 heteroatoms. The minimum absolute atomic E-state index is 0.0340. The van der Waals surface area contributed by atoms with E-state index in [1.807, 2.05) is 0 Å². The minimum atomic E-state index is -0.459. The van der Waals surface area contributed by atoms with Gasteiger partial charge in [-0.1, -0.05) is 36.1 Å². The summed E-state index contributed by atoms with van der Waals surface area (Å²) in [7, 11) is 1.61. The van der Waals surface area contributed by atoms with Crippen LogP contribution in [0.4, 0.5) is 5.69 Å². The second-order valence-corrected chi connectivity index (χ2v) is 6.39. The molecule has 23 heavy (non-hydrogen) atoms. The van der Waals surface area contributed by atoms with Gasteiger partial charge in [-0.2, -0.15) is 0 Å². The van der Waals surface area contributed by atoms with Gasteiger partial charge in [0.1, 0.15) is 15.8 Å². The topological polar surface area (TPSA) is 76.6 Å². The predicted molar refractivity (Wildman–Crippen MR) is 91.7 cm³/mol. The largest absolute Gasteiger partial charge is 0.456 e. The third kappa shape index (κ3) is 2.90. The molecule has 1 aromatic heterocycles. The van der Waals surface area contributed by atoms with Gasteiger partial charge in [-0.3, -0.25) is 19.8 Å². The van der Waals surface area contributed by atoms with Crippen LogP contribution in [0.25, 0.3) is 17.4 Å². The summed E-state index contributed by atoms with van der Waals surface area (Å²) in [5.41, 5.74) is 0.355. The monoisotopic (exact) mass is 346 g/mol. The number of nitro benzene ring substituents is 1. The predicted octanol–water partition coefficient (Wildman–Crippen LogP) is 3.69. The van der Waals surface area contributed by atoms with E-state index < -0.39 is 4.92 Å². The number of rotatable bonds is 3. The van der Waals surface area contributed by atoms with Crippen LogP contribution in [0.1, 0.15) is 5.76 Å². The zero-order chi connectivity index (χ0) is 16.6. The number of amides is 1. The number of furan rings is 1. The third-order valence-electron chi connectivity index (χ3n) is 3.25. The highest BCUT2D eigenvalue weighted by atomic mass is 32.2. The Morgan fingerprint density at radius 1 is 1.30 bits per heavy atom. The van der Waals surface area contributed by atoms with Crippen molar-refractivity contribution in [1.29, 1.82) is 0 Å². The van der Waals surface area contributed by atoms with E-state index >= 15 is 0 Å². The molecule has 1 aliphatic heterocycles. The van der Waals surface area contributed by atoms with Crippen molar-refractivity contribution in [3.05, 3.63) is 57.2 Å². The molecule has 6 nitrogen and oxygen atoms in total. The molecule has 0 N–H and O–H groups in total. The van der Waals surface area contributed by atoms with Crippen LogP contribution < -0.4 is 0 Å². The van der Waals surface area contributed by atoms with Crippen LogP contribution in [0, 0.1) is 10.1 Å². The van der Waals surface area contributed by atoms with Gasteiger partial charge in [-0.05, 0) is 18.2 Å². The van der Waals surface area contributed by atoms with Crippen molar-refractivity contribution < 1.29 is 14.1 Å². The standard InChI is InChI=1S/C15H10N2O4S2/c1-16-14(18)13(23-15(16)22)8-9-6-7-12(21-9)10-4-2-3-5-11(10)17(19)20/h2-8H,1H3/b13-8-. The highest BCUT2D eigenvalue weighted by molar-refractivity contribution is 8.26. The molecule has 0 radical (unpaired) electrons. The Kier molecular flexibility index (Phi) is 4.01. The van der Waals surface area contributed by atoms with E-state index in [9.17, 15) is 14.9 Å². The zero-order valence-corrected chi connectivity index (χ0v) is 13.5. The van der Waals surface area contributed by atoms with E-state index in [2.05, 4.69) is 0 Å². The number of thiocarbonyl (C=S) groups is 1. The lowest BCUT2D eigenvalue weighted by atomic mass is 10.1. The van der Waals surface area contributed by atoms with E-state index in [1.54, 1.807) is 43.5 Å². The van der Waals surface area contributed by atoms with Crippen molar-refractivity contribution >= 4 is 46.0 Å².